The zero-order valence-corrected chi connectivity index (χ0v) is 41.5. The zero-order valence-electron chi connectivity index (χ0n) is 40.0. The standard InChI is InChI=1S/2C24H21ClF5N7O/c2*1-12-10-35(20-15-8-13(25)2-3-17(15)32-19(21(26)27)16(20)9-31)5-4-14(12)22(38)36-6-7-37-18(11-36)33-34-23(37)24(28,29)30/h2*2-3,8,12,14,21H,4-7,10-11H2,1H3/t2*12-,14+/m10/s1. The van der Waals surface area contributed by atoms with Crippen molar-refractivity contribution in [3.8, 4) is 12.1 Å². The van der Waals surface area contributed by atoms with Crippen molar-refractivity contribution in [1.82, 2.24) is 49.3 Å². The van der Waals surface area contributed by atoms with E-state index in [9.17, 15) is 64.0 Å². The highest BCUT2D eigenvalue weighted by atomic mass is 35.5. The lowest BCUT2D eigenvalue weighted by atomic mass is 9.85. The fourth-order valence-corrected chi connectivity index (χ4v) is 11.0. The van der Waals surface area contributed by atoms with Gasteiger partial charge in [-0.2, -0.15) is 36.9 Å². The summed E-state index contributed by atoms with van der Waals surface area (Å²) < 4.78 is 136. The average molecular weight is 1110 g/mol. The Morgan fingerprint density at radius 3 is 1.32 bits per heavy atom. The minimum atomic E-state index is -4.63. The molecule has 16 nitrogen and oxygen atoms in total. The Morgan fingerprint density at radius 2 is 0.987 bits per heavy atom. The van der Waals surface area contributed by atoms with Crippen molar-refractivity contribution >= 4 is 68.2 Å². The van der Waals surface area contributed by atoms with E-state index in [1.807, 2.05) is 35.8 Å². The maximum Gasteiger partial charge on any atom is 0.451 e. The van der Waals surface area contributed by atoms with Gasteiger partial charge in [-0.1, -0.05) is 37.0 Å². The highest BCUT2D eigenvalue weighted by molar-refractivity contribution is 6.32. The summed E-state index contributed by atoms with van der Waals surface area (Å²) in [4.78, 5) is 41.4. The fraction of sp³-hybridized carbons (Fsp3) is 0.458. The van der Waals surface area contributed by atoms with E-state index >= 15 is 0 Å². The van der Waals surface area contributed by atoms with Gasteiger partial charge in [-0.15, -0.1) is 20.4 Å². The number of nitrogens with zero attached hydrogens (tertiary/aromatic N) is 14. The summed E-state index contributed by atoms with van der Waals surface area (Å²) in [5.41, 5.74) is -0.527. The van der Waals surface area contributed by atoms with E-state index in [0.29, 0.717) is 71.2 Å². The second-order valence-corrected chi connectivity index (χ2v) is 19.8. The molecule has 10 rings (SSSR count). The van der Waals surface area contributed by atoms with Crippen LogP contribution in [0, 0.1) is 46.3 Å². The quantitative estimate of drug-likeness (QED) is 0.144. The Balaban J connectivity index is 0.000000186. The van der Waals surface area contributed by atoms with Gasteiger partial charge in [0.05, 0.1) is 35.5 Å². The van der Waals surface area contributed by atoms with Crippen molar-refractivity contribution in [2.45, 2.75) is 78.1 Å². The average Bonchev–Trinajstić information content (AvgIpc) is 4.03. The fourth-order valence-electron chi connectivity index (χ4n) is 10.7. The Hall–Kier alpha value is -7.06. The molecule has 0 saturated carbocycles. The molecule has 0 aliphatic carbocycles. The lowest BCUT2D eigenvalue weighted by Crippen LogP contribution is -2.49. The Labute approximate surface area is 435 Å². The van der Waals surface area contributed by atoms with Crippen LogP contribution in [-0.2, 0) is 48.1 Å². The van der Waals surface area contributed by atoms with Crippen molar-refractivity contribution in [3.05, 3.63) is 92.3 Å². The molecule has 0 spiro atoms. The number of aromatic nitrogens is 8. The van der Waals surface area contributed by atoms with Crippen LogP contribution in [0.1, 0.15) is 85.4 Å². The zero-order chi connectivity index (χ0) is 54.7. The molecule has 28 heteroatoms. The second-order valence-electron chi connectivity index (χ2n) is 18.9. The van der Waals surface area contributed by atoms with Crippen molar-refractivity contribution in [1.29, 1.82) is 10.5 Å². The van der Waals surface area contributed by atoms with Gasteiger partial charge in [0.15, 0.2) is 11.6 Å². The highest BCUT2D eigenvalue weighted by Gasteiger charge is 2.44. The molecule has 4 aromatic heterocycles. The Kier molecular flexibility index (Phi) is 14.7. The predicted molar refractivity (Wildman–Crippen MR) is 253 cm³/mol. The number of benzene rings is 2. The van der Waals surface area contributed by atoms with Gasteiger partial charge < -0.3 is 28.7 Å². The predicted octanol–water partition coefficient (Wildman–Crippen LogP) is 9.63. The van der Waals surface area contributed by atoms with Crippen molar-refractivity contribution in [2.24, 2.45) is 23.7 Å². The van der Waals surface area contributed by atoms with Crippen molar-refractivity contribution in [2.75, 3.05) is 49.1 Å². The molecule has 0 radical (unpaired) electrons. The van der Waals surface area contributed by atoms with Crippen molar-refractivity contribution < 1.29 is 53.5 Å². The van der Waals surface area contributed by atoms with Gasteiger partial charge in [0.25, 0.3) is 12.9 Å². The van der Waals surface area contributed by atoms with Gasteiger partial charge in [-0.25, -0.2) is 27.5 Å². The van der Waals surface area contributed by atoms with Gasteiger partial charge in [-0.05, 0) is 61.1 Å². The number of nitriles is 2. The van der Waals surface area contributed by atoms with Gasteiger partial charge in [0.1, 0.15) is 34.7 Å². The minimum Gasteiger partial charge on any atom is -0.370 e. The van der Waals surface area contributed by atoms with Crippen LogP contribution in [-0.4, -0.2) is 100 Å². The van der Waals surface area contributed by atoms with E-state index in [0.717, 1.165) is 9.13 Å². The van der Waals surface area contributed by atoms with E-state index in [1.54, 1.807) is 12.1 Å². The van der Waals surface area contributed by atoms with Crippen LogP contribution in [0.2, 0.25) is 10.0 Å². The molecule has 400 valence electrons. The molecular formula is C48H42Cl2F10N14O2. The molecule has 4 atom stereocenters. The number of rotatable bonds is 6. The molecule has 6 aromatic rings. The van der Waals surface area contributed by atoms with Gasteiger partial charge in [0, 0.05) is 85.0 Å². The highest BCUT2D eigenvalue weighted by Crippen LogP contribution is 2.42. The SMILES string of the molecule is C[C@@H]1CN(c2c(C#N)c(C(F)F)nc3ccc(Cl)cc23)CC[C@@H]1C(=O)N1CCn2c(nnc2C(F)(F)F)C1.C[C@H]1CN(c2c(C#N)c(C(F)F)nc3ccc(Cl)cc23)CC[C@H]1C(=O)N1CCn2c(nnc2C(F)(F)F)C1. The van der Waals surface area contributed by atoms with E-state index in [4.69, 9.17) is 23.2 Å². The maximum atomic E-state index is 13.8. The van der Waals surface area contributed by atoms with Crippen LogP contribution in [0.5, 0.6) is 0 Å². The monoisotopic (exact) mass is 1110 g/mol. The maximum absolute atomic E-state index is 13.8. The topological polar surface area (TPSA) is 182 Å². The molecular weight excluding hydrogens is 1070 g/mol. The Morgan fingerprint density at radius 1 is 0.605 bits per heavy atom. The summed E-state index contributed by atoms with van der Waals surface area (Å²) in [6, 6.07) is 13.0. The number of anilines is 2. The van der Waals surface area contributed by atoms with Gasteiger partial charge in [-0.3, -0.25) is 9.59 Å². The van der Waals surface area contributed by atoms with E-state index in [1.165, 1.54) is 34.1 Å². The summed E-state index contributed by atoms with van der Waals surface area (Å²) in [5.74, 6) is -3.83. The first-order valence-corrected chi connectivity index (χ1v) is 24.4. The van der Waals surface area contributed by atoms with E-state index in [-0.39, 0.29) is 96.7 Å². The van der Waals surface area contributed by atoms with Crippen LogP contribution in [0.25, 0.3) is 21.8 Å². The third-order valence-corrected chi connectivity index (χ3v) is 14.7. The normalized spacial score (nSPS) is 20.1. The number of alkyl halides is 10. The van der Waals surface area contributed by atoms with Crippen LogP contribution in [0.15, 0.2) is 36.4 Å². The van der Waals surface area contributed by atoms with Gasteiger partial charge in [0.2, 0.25) is 23.5 Å². The summed E-state index contributed by atoms with van der Waals surface area (Å²) >= 11 is 12.3. The minimum absolute atomic E-state index is 0.0676. The number of amides is 2. The van der Waals surface area contributed by atoms with E-state index < -0.39 is 60.1 Å². The molecule has 4 aliphatic heterocycles. The van der Waals surface area contributed by atoms with Gasteiger partial charge >= 0.3 is 12.4 Å². The number of fused-ring (bicyclic) bond motifs is 4. The summed E-state index contributed by atoms with van der Waals surface area (Å²) in [7, 11) is 0. The molecule has 0 unspecified atom stereocenters. The lowest BCUT2D eigenvalue weighted by Gasteiger charge is -2.40. The molecule has 2 aromatic carbocycles. The first kappa shape index (κ1) is 53.8. The number of hydrogen-bond donors (Lipinski definition) is 0. The Bertz CT molecular complexity index is 3120. The van der Waals surface area contributed by atoms with Crippen LogP contribution in [0.3, 0.4) is 0 Å². The second kappa shape index (κ2) is 20.8. The summed E-state index contributed by atoms with van der Waals surface area (Å²) in [6.07, 6.45) is -14.5. The number of hydrogen-bond acceptors (Lipinski definition) is 12. The molecule has 2 fully saturated rings. The van der Waals surface area contributed by atoms with Crippen molar-refractivity contribution in [3.63, 3.8) is 0 Å². The third kappa shape index (κ3) is 10.2. The third-order valence-electron chi connectivity index (χ3n) is 14.2. The first-order chi connectivity index (χ1) is 36.0. The van der Waals surface area contributed by atoms with Crippen LogP contribution in [0.4, 0.5) is 55.3 Å². The number of carbonyl (C=O) groups excluding carboxylic acids is 2. The molecule has 76 heavy (non-hydrogen) atoms. The summed E-state index contributed by atoms with van der Waals surface area (Å²) in [6.45, 7) is 4.74. The smallest absolute Gasteiger partial charge is 0.370 e. The molecule has 0 N–H and O–H groups in total. The molecule has 4 aliphatic rings. The molecule has 8 heterocycles. The number of piperidine rings is 2. The number of halogens is 12. The summed E-state index contributed by atoms with van der Waals surface area (Å²) in [5, 5.41) is 35.0. The first-order valence-electron chi connectivity index (χ1n) is 23.7. The molecule has 0 bridgehead atoms. The van der Waals surface area contributed by atoms with Crippen LogP contribution >= 0.6 is 23.2 Å². The number of carbonyl (C=O) groups is 2. The molecule has 2 saturated heterocycles. The largest absolute Gasteiger partial charge is 0.451 e. The number of pyridine rings is 2. The van der Waals surface area contributed by atoms with E-state index in [2.05, 4.69) is 30.4 Å². The lowest BCUT2D eigenvalue weighted by molar-refractivity contribution is -0.149. The molecule has 2 amide bonds. The van der Waals surface area contributed by atoms with Crippen LogP contribution < -0.4 is 9.80 Å².